The summed E-state index contributed by atoms with van der Waals surface area (Å²) in [5.74, 6) is 0.770. The first-order valence-electron chi connectivity index (χ1n) is 6.30. The third kappa shape index (κ3) is 2.85. The van der Waals surface area contributed by atoms with Crippen molar-refractivity contribution in [2.24, 2.45) is 0 Å². The van der Waals surface area contributed by atoms with Crippen LogP contribution in [0.2, 0.25) is 0 Å². The number of hydrogen-bond acceptors (Lipinski definition) is 4. The highest BCUT2D eigenvalue weighted by molar-refractivity contribution is 5.78. The lowest BCUT2D eigenvalue weighted by Crippen LogP contribution is -2.41. The van der Waals surface area contributed by atoms with Gasteiger partial charge in [-0.15, -0.1) is 0 Å². The van der Waals surface area contributed by atoms with E-state index in [0.717, 1.165) is 37.3 Å². The van der Waals surface area contributed by atoms with Crippen LogP contribution in [0.1, 0.15) is 36.8 Å². The normalized spacial score (nSPS) is 19.9. The van der Waals surface area contributed by atoms with Gasteiger partial charge in [-0.2, -0.15) is 0 Å². The van der Waals surface area contributed by atoms with E-state index in [0.29, 0.717) is 0 Å². The number of likely N-dealkylation sites (tertiary alicyclic amines) is 1. The van der Waals surface area contributed by atoms with Gasteiger partial charge in [0.2, 0.25) is 5.91 Å². The van der Waals surface area contributed by atoms with E-state index in [1.807, 2.05) is 17.9 Å². The lowest BCUT2D eigenvalue weighted by Gasteiger charge is -2.34. The minimum atomic E-state index is 0.00120. The maximum absolute atomic E-state index is 12.0. The van der Waals surface area contributed by atoms with Crippen LogP contribution in [0.4, 0.5) is 0 Å². The molecule has 1 aliphatic rings. The Kier molecular flexibility index (Phi) is 4.25. The molecule has 1 atom stereocenters. The van der Waals surface area contributed by atoms with Gasteiger partial charge in [0, 0.05) is 25.5 Å². The fourth-order valence-corrected chi connectivity index (χ4v) is 2.33. The summed E-state index contributed by atoms with van der Waals surface area (Å²) >= 11 is 0. The monoisotopic (exact) mass is 249 g/mol. The van der Waals surface area contributed by atoms with E-state index < -0.39 is 0 Å². The first-order chi connectivity index (χ1) is 8.72. The van der Waals surface area contributed by atoms with E-state index in [-0.39, 0.29) is 18.6 Å². The van der Waals surface area contributed by atoms with Gasteiger partial charge in [-0.1, -0.05) is 0 Å². The molecule has 5 heteroatoms. The number of carbonyl (C=O) groups excluding carboxylic acids is 1. The number of aromatic nitrogens is 2. The summed E-state index contributed by atoms with van der Waals surface area (Å²) in [6.07, 6.45) is 4.83. The zero-order valence-corrected chi connectivity index (χ0v) is 10.9. The molecule has 1 aromatic heterocycles. The van der Waals surface area contributed by atoms with E-state index >= 15 is 0 Å². The fourth-order valence-electron chi connectivity index (χ4n) is 2.33. The molecule has 0 bridgehead atoms. The molecule has 98 valence electrons. The zero-order chi connectivity index (χ0) is 13.0. The Morgan fingerprint density at radius 2 is 2.39 bits per heavy atom. The van der Waals surface area contributed by atoms with Gasteiger partial charge in [-0.3, -0.25) is 4.79 Å². The summed E-state index contributed by atoms with van der Waals surface area (Å²) in [4.78, 5) is 22.6. The number of ether oxygens (including phenoxy) is 1. The first kappa shape index (κ1) is 13.0. The van der Waals surface area contributed by atoms with Crippen LogP contribution in [0.5, 0.6) is 0 Å². The van der Waals surface area contributed by atoms with E-state index in [1.165, 1.54) is 0 Å². The molecule has 1 aliphatic heterocycles. The summed E-state index contributed by atoms with van der Waals surface area (Å²) in [6, 6.07) is 1.87. The molecule has 2 rings (SSSR count). The van der Waals surface area contributed by atoms with Gasteiger partial charge in [0.25, 0.3) is 0 Å². The molecule has 0 N–H and O–H groups in total. The van der Waals surface area contributed by atoms with Crippen LogP contribution < -0.4 is 0 Å². The summed E-state index contributed by atoms with van der Waals surface area (Å²) in [5, 5.41) is 0. The van der Waals surface area contributed by atoms with Gasteiger partial charge in [0.1, 0.15) is 6.61 Å². The molecule has 1 amide bonds. The Hall–Kier alpha value is -1.49. The highest BCUT2D eigenvalue weighted by Crippen LogP contribution is 2.28. The average molecular weight is 249 g/mol. The highest BCUT2D eigenvalue weighted by atomic mass is 16.5. The van der Waals surface area contributed by atoms with Gasteiger partial charge in [0.15, 0.2) is 5.82 Å². The number of nitrogens with zero attached hydrogens (tertiary/aromatic N) is 3. The van der Waals surface area contributed by atoms with E-state index in [1.54, 1.807) is 13.3 Å². The topological polar surface area (TPSA) is 55.3 Å². The van der Waals surface area contributed by atoms with E-state index in [9.17, 15) is 4.79 Å². The third-order valence-electron chi connectivity index (χ3n) is 3.20. The molecule has 0 aliphatic carbocycles. The van der Waals surface area contributed by atoms with Crippen molar-refractivity contribution >= 4 is 5.91 Å². The average Bonchev–Trinajstić information content (AvgIpc) is 2.39. The van der Waals surface area contributed by atoms with Crippen LogP contribution in [-0.2, 0) is 9.53 Å². The second kappa shape index (κ2) is 5.91. The molecule has 0 aromatic carbocycles. The summed E-state index contributed by atoms with van der Waals surface area (Å²) in [5.41, 5.74) is 0.935. The van der Waals surface area contributed by atoms with Gasteiger partial charge >= 0.3 is 0 Å². The molecule has 0 unspecified atom stereocenters. The number of amides is 1. The van der Waals surface area contributed by atoms with Crippen molar-refractivity contribution in [1.29, 1.82) is 0 Å². The van der Waals surface area contributed by atoms with Gasteiger partial charge in [-0.05, 0) is 32.3 Å². The molecular weight excluding hydrogens is 230 g/mol. The molecule has 1 saturated heterocycles. The molecule has 0 spiro atoms. The molecule has 2 heterocycles. The standard InChI is InChI=1S/C13H19N3O2/c1-10-6-7-14-13(15-10)11-5-3-4-8-16(11)12(17)9-18-2/h6-7,11H,3-5,8-9H2,1-2H3/t11-/m0/s1. The van der Waals surface area contributed by atoms with Crippen molar-refractivity contribution in [2.45, 2.75) is 32.2 Å². The maximum Gasteiger partial charge on any atom is 0.249 e. The lowest BCUT2D eigenvalue weighted by atomic mass is 10.0. The van der Waals surface area contributed by atoms with E-state index in [4.69, 9.17) is 4.74 Å². The number of hydrogen-bond donors (Lipinski definition) is 0. The second-order valence-electron chi connectivity index (χ2n) is 4.59. The van der Waals surface area contributed by atoms with Crippen molar-refractivity contribution in [3.8, 4) is 0 Å². The predicted molar refractivity (Wildman–Crippen MR) is 67.0 cm³/mol. The van der Waals surface area contributed by atoms with E-state index in [2.05, 4.69) is 9.97 Å². The van der Waals surface area contributed by atoms with Crippen molar-refractivity contribution in [1.82, 2.24) is 14.9 Å². The van der Waals surface area contributed by atoms with Gasteiger partial charge in [0.05, 0.1) is 6.04 Å². The molecule has 1 fully saturated rings. The first-order valence-corrected chi connectivity index (χ1v) is 6.30. The van der Waals surface area contributed by atoms with Crippen LogP contribution in [0.15, 0.2) is 12.3 Å². The fraction of sp³-hybridized carbons (Fsp3) is 0.615. The molecule has 5 nitrogen and oxygen atoms in total. The molecule has 0 radical (unpaired) electrons. The second-order valence-corrected chi connectivity index (χ2v) is 4.59. The SMILES string of the molecule is COCC(=O)N1CCCC[C@H]1c1nccc(C)n1. The Labute approximate surface area is 107 Å². The number of carbonyl (C=O) groups is 1. The van der Waals surface area contributed by atoms with Gasteiger partial charge in [-0.25, -0.2) is 9.97 Å². The van der Waals surface area contributed by atoms with Crippen molar-refractivity contribution < 1.29 is 9.53 Å². The molecular formula is C13H19N3O2. The minimum Gasteiger partial charge on any atom is -0.375 e. The minimum absolute atomic E-state index is 0.00120. The van der Waals surface area contributed by atoms with Crippen molar-refractivity contribution in [2.75, 3.05) is 20.3 Å². The third-order valence-corrected chi connectivity index (χ3v) is 3.20. The Morgan fingerprint density at radius 3 is 3.11 bits per heavy atom. The quantitative estimate of drug-likeness (QED) is 0.814. The number of rotatable bonds is 3. The lowest BCUT2D eigenvalue weighted by molar-refractivity contribution is -0.139. The Balaban J connectivity index is 2.20. The smallest absolute Gasteiger partial charge is 0.249 e. The predicted octanol–water partition coefficient (Wildman–Crippen LogP) is 1.49. The summed E-state index contributed by atoms with van der Waals surface area (Å²) in [7, 11) is 1.54. The largest absolute Gasteiger partial charge is 0.375 e. The van der Waals surface area contributed by atoms with Crippen LogP contribution >= 0.6 is 0 Å². The van der Waals surface area contributed by atoms with Crippen LogP contribution in [0, 0.1) is 6.92 Å². The van der Waals surface area contributed by atoms with Crippen LogP contribution in [0.3, 0.4) is 0 Å². The van der Waals surface area contributed by atoms with Crippen molar-refractivity contribution in [3.63, 3.8) is 0 Å². The van der Waals surface area contributed by atoms with Crippen molar-refractivity contribution in [3.05, 3.63) is 23.8 Å². The zero-order valence-electron chi connectivity index (χ0n) is 10.9. The maximum atomic E-state index is 12.0. The number of aryl methyl sites for hydroxylation is 1. The molecule has 18 heavy (non-hydrogen) atoms. The highest BCUT2D eigenvalue weighted by Gasteiger charge is 2.29. The summed E-state index contributed by atoms with van der Waals surface area (Å²) < 4.78 is 4.93. The Bertz CT molecular complexity index is 422. The number of methoxy groups -OCH3 is 1. The van der Waals surface area contributed by atoms with Crippen LogP contribution in [0.25, 0.3) is 0 Å². The summed E-state index contributed by atoms with van der Waals surface area (Å²) in [6.45, 7) is 2.84. The van der Waals surface area contributed by atoms with Crippen LogP contribution in [-0.4, -0.2) is 41.0 Å². The number of piperidine rings is 1. The Morgan fingerprint density at radius 1 is 1.56 bits per heavy atom. The molecule has 0 saturated carbocycles. The van der Waals surface area contributed by atoms with Gasteiger partial charge < -0.3 is 9.64 Å². The molecule has 1 aromatic rings.